The monoisotopic (exact) mass is 408 g/mol. The number of esters is 1. The molecule has 2 unspecified atom stereocenters. The van der Waals surface area contributed by atoms with Gasteiger partial charge in [0.05, 0.1) is 6.07 Å². The minimum Gasteiger partial charge on any atom is -0.447 e. The van der Waals surface area contributed by atoms with Crippen molar-refractivity contribution in [1.29, 1.82) is 5.26 Å². The molecular formula is C21H32N2O2S2. The Bertz CT molecular complexity index is 633. The van der Waals surface area contributed by atoms with Gasteiger partial charge in [0.15, 0.2) is 6.23 Å². The lowest BCUT2D eigenvalue weighted by molar-refractivity contribution is -0.161. The summed E-state index contributed by atoms with van der Waals surface area (Å²) in [5, 5.41) is 9.59. The van der Waals surface area contributed by atoms with Gasteiger partial charge in [-0.25, -0.2) is 0 Å². The molecule has 0 bridgehead atoms. The maximum absolute atomic E-state index is 12.3. The normalized spacial score (nSPS) is 14.9. The molecule has 6 heteroatoms. The summed E-state index contributed by atoms with van der Waals surface area (Å²) in [6, 6.07) is 10.8. The van der Waals surface area contributed by atoms with Gasteiger partial charge in [-0.05, 0) is 65.7 Å². The zero-order valence-corrected chi connectivity index (χ0v) is 18.9. The van der Waals surface area contributed by atoms with E-state index >= 15 is 0 Å². The molecule has 1 aromatic carbocycles. The molecular weight excluding hydrogens is 376 g/mol. The van der Waals surface area contributed by atoms with Gasteiger partial charge >= 0.3 is 5.97 Å². The van der Waals surface area contributed by atoms with Crippen molar-refractivity contribution in [3.05, 3.63) is 29.8 Å². The summed E-state index contributed by atoms with van der Waals surface area (Å²) < 4.78 is 4.98. The lowest BCUT2D eigenvalue weighted by Gasteiger charge is -2.35. The average Bonchev–Trinajstić information content (AvgIpc) is 2.59. The third-order valence-electron chi connectivity index (χ3n) is 4.45. The number of carbonyl (C=O) groups excluding carboxylic acids is 1. The van der Waals surface area contributed by atoms with Crippen LogP contribution in [0.25, 0.3) is 0 Å². The molecule has 0 N–H and O–H groups in total. The quantitative estimate of drug-likeness (QED) is 0.324. The summed E-state index contributed by atoms with van der Waals surface area (Å²) in [7, 11) is 0. The van der Waals surface area contributed by atoms with E-state index in [-0.39, 0.29) is 30.7 Å². The smallest absolute Gasteiger partial charge is 0.307 e. The fourth-order valence-corrected chi connectivity index (χ4v) is 4.22. The van der Waals surface area contributed by atoms with Gasteiger partial charge in [0.25, 0.3) is 0 Å². The van der Waals surface area contributed by atoms with Crippen molar-refractivity contribution in [2.45, 2.75) is 88.1 Å². The molecule has 0 radical (unpaired) electrons. The number of carbonyl (C=O) groups is 1. The van der Waals surface area contributed by atoms with E-state index in [9.17, 15) is 10.1 Å². The van der Waals surface area contributed by atoms with Gasteiger partial charge in [0, 0.05) is 29.2 Å². The van der Waals surface area contributed by atoms with Crippen molar-refractivity contribution >= 4 is 30.4 Å². The highest BCUT2D eigenvalue weighted by molar-refractivity contribution is 8.00. The van der Waals surface area contributed by atoms with E-state index in [1.165, 1.54) is 0 Å². The van der Waals surface area contributed by atoms with Crippen LogP contribution in [0.15, 0.2) is 29.2 Å². The first kappa shape index (κ1) is 23.9. The third kappa shape index (κ3) is 8.16. The van der Waals surface area contributed by atoms with Gasteiger partial charge < -0.3 is 4.74 Å². The van der Waals surface area contributed by atoms with Gasteiger partial charge in [-0.3, -0.25) is 9.69 Å². The molecule has 0 spiro atoms. The SMILES string of the molecule is CC(C)N(C(C)C)C(C)OC(=O)CCC(C)(C#N)SCc1ccc(S)cc1. The Kier molecular flexibility index (Phi) is 9.72. The van der Waals surface area contributed by atoms with Crippen molar-refractivity contribution in [2.75, 3.05) is 0 Å². The van der Waals surface area contributed by atoms with Crippen LogP contribution in [-0.2, 0) is 15.3 Å². The number of benzene rings is 1. The molecule has 150 valence electrons. The number of thioether (sulfide) groups is 1. The predicted octanol–water partition coefficient (Wildman–Crippen LogP) is 5.28. The van der Waals surface area contributed by atoms with Gasteiger partial charge in [-0.2, -0.15) is 5.26 Å². The van der Waals surface area contributed by atoms with Crippen LogP contribution < -0.4 is 0 Å². The standard InChI is InChI=1S/C21H32N2O2S2/c1-15(2)23(16(3)4)17(5)25-20(24)11-12-21(6,14-22)27-13-18-7-9-19(26)10-8-18/h7-10,15-17,26H,11-13H2,1-6H3. The van der Waals surface area contributed by atoms with E-state index in [4.69, 9.17) is 4.74 Å². The second-order valence-electron chi connectivity index (χ2n) is 7.52. The molecule has 0 aliphatic heterocycles. The average molecular weight is 409 g/mol. The Hall–Kier alpha value is -1.16. The molecule has 27 heavy (non-hydrogen) atoms. The Labute approximate surface area is 174 Å². The first-order valence-corrected chi connectivity index (χ1v) is 10.8. The number of thiol groups is 1. The Morgan fingerprint density at radius 3 is 2.26 bits per heavy atom. The topological polar surface area (TPSA) is 53.3 Å². The number of nitriles is 1. The molecule has 0 amide bonds. The van der Waals surface area contributed by atoms with E-state index < -0.39 is 4.75 Å². The summed E-state index contributed by atoms with van der Waals surface area (Å²) in [5.74, 6) is 0.466. The highest BCUT2D eigenvalue weighted by atomic mass is 32.2. The first-order chi connectivity index (χ1) is 12.6. The number of rotatable bonds is 10. The lowest BCUT2D eigenvalue weighted by atomic mass is 10.1. The number of hydrogen-bond donors (Lipinski definition) is 1. The maximum atomic E-state index is 12.3. The summed E-state index contributed by atoms with van der Waals surface area (Å²) >= 11 is 5.84. The number of ether oxygens (including phenoxy) is 1. The van der Waals surface area contributed by atoms with E-state index in [0.29, 0.717) is 6.42 Å². The molecule has 0 fully saturated rings. The van der Waals surface area contributed by atoms with E-state index in [1.54, 1.807) is 11.8 Å². The summed E-state index contributed by atoms with van der Waals surface area (Å²) in [5.41, 5.74) is 1.14. The van der Waals surface area contributed by atoms with Gasteiger partial charge in [0.2, 0.25) is 0 Å². The molecule has 0 heterocycles. The molecule has 0 aromatic heterocycles. The number of hydrogen-bond acceptors (Lipinski definition) is 6. The Balaban J connectivity index is 2.55. The van der Waals surface area contributed by atoms with Crippen molar-refractivity contribution in [2.24, 2.45) is 0 Å². The van der Waals surface area contributed by atoms with Crippen molar-refractivity contribution in [3.63, 3.8) is 0 Å². The molecule has 0 saturated heterocycles. The van der Waals surface area contributed by atoms with Crippen LogP contribution in [-0.4, -0.2) is 33.9 Å². The van der Waals surface area contributed by atoms with Gasteiger partial charge in [-0.15, -0.1) is 24.4 Å². The minimum absolute atomic E-state index is 0.237. The zero-order chi connectivity index (χ0) is 20.6. The largest absolute Gasteiger partial charge is 0.447 e. The van der Waals surface area contributed by atoms with Crippen LogP contribution in [0.1, 0.15) is 59.9 Å². The van der Waals surface area contributed by atoms with Crippen LogP contribution in [0.3, 0.4) is 0 Å². The number of nitrogens with zero attached hydrogens (tertiary/aromatic N) is 2. The fraction of sp³-hybridized carbons (Fsp3) is 0.619. The third-order valence-corrected chi connectivity index (χ3v) is 6.16. The van der Waals surface area contributed by atoms with Crippen LogP contribution in [0.5, 0.6) is 0 Å². The highest BCUT2D eigenvalue weighted by Crippen LogP contribution is 2.32. The second-order valence-corrected chi connectivity index (χ2v) is 9.52. The van der Waals surface area contributed by atoms with Crippen LogP contribution in [0.2, 0.25) is 0 Å². The van der Waals surface area contributed by atoms with Gasteiger partial charge in [-0.1, -0.05) is 12.1 Å². The predicted molar refractivity (Wildman–Crippen MR) is 116 cm³/mol. The fourth-order valence-electron chi connectivity index (χ4n) is 3.08. The molecule has 1 aromatic rings. The van der Waals surface area contributed by atoms with Crippen molar-refractivity contribution in [3.8, 4) is 6.07 Å². The van der Waals surface area contributed by atoms with E-state index in [1.807, 2.05) is 38.1 Å². The maximum Gasteiger partial charge on any atom is 0.307 e. The van der Waals surface area contributed by atoms with Crippen LogP contribution in [0.4, 0.5) is 0 Å². The highest BCUT2D eigenvalue weighted by Gasteiger charge is 2.28. The lowest BCUT2D eigenvalue weighted by Crippen LogP contribution is -2.45. The van der Waals surface area contributed by atoms with Crippen molar-refractivity contribution < 1.29 is 9.53 Å². The molecule has 0 aliphatic carbocycles. The Morgan fingerprint density at radius 2 is 1.78 bits per heavy atom. The molecule has 0 saturated carbocycles. The molecule has 4 nitrogen and oxygen atoms in total. The minimum atomic E-state index is -0.627. The van der Waals surface area contributed by atoms with Crippen LogP contribution in [0, 0.1) is 11.3 Å². The molecule has 2 atom stereocenters. The summed E-state index contributed by atoms with van der Waals surface area (Å²) in [4.78, 5) is 15.4. The van der Waals surface area contributed by atoms with Gasteiger partial charge in [0.1, 0.15) is 4.75 Å². The summed E-state index contributed by atoms with van der Waals surface area (Å²) in [6.45, 7) is 12.2. The summed E-state index contributed by atoms with van der Waals surface area (Å²) in [6.07, 6.45) is 0.424. The Morgan fingerprint density at radius 1 is 1.22 bits per heavy atom. The van der Waals surface area contributed by atoms with E-state index in [2.05, 4.69) is 51.3 Å². The van der Waals surface area contributed by atoms with Crippen molar-refractivity contribution in [1.82, 2.24) is 4.90 Å². The van der Waals surface area contributed by atoms with Crippen LogP contribution >= 0.6 is 24.4 Å². The second kappa shape index (κ2) is 11.0. The molecule has 1 rings (SSSR count). The van der Waals surface area contributed by atoms with E-state index in [0.717, 1.165) is 16.2 Å². The first-order valence-electron chi connectivity index (χ1n) is 9.38. The molecule has 0 aliphatic rings. The zero-order valence-electron chi connectivity index (χ0n) is 17.2.